The molecule has 0 saturated carbocycles. The van der Waals surface area contributed by atoms with Gasteiger partial charge in [0.05, 0.1) is 5.75 Å². The molecule has 0 bridgehead atoms. The molecule has 0 aliphatic rings. The Bertz CT molecular complexity index is 467. The molecule has 0 saturated heterocycles. The molecule has 0 amide bonds. The van der Waals surface area contributed by atoms with Crippen molar-refractivity contribution in [2.45, 2.75) is 31.5 Å². The summed E-state index contributed by atoms with van der Waals surface area (Å²) < 4.78 is 23.8. The summed E-state index contributed by atoms with van der Waals surface area (Å²) in [6, 6.07) is 0.197. The van der Waals surface area contributed by atoms with Crippen LogP contribution in [0.25, 0.3) is 0 Å². The highest BCUT2D eigenvalue weighted by atomic mass is 32.2. The second-order valence-electron chi connectivity index (χ2n) is 4.14. The fraction of sp³-hybridized carbons (Fsp3) is 0.778. The van der Waals surface area contributed by atoms with E-state index in [4.69, 9.17) is 5.73 Å². The maximum atomic E-state index is 11.0. The molecule has 0 aliphatic carbocycles. The maximum Gasteiger partial charge on any atom is 0.222 e. The van der Waals surface area contributed by atoms with Crippen molar-refractivity contribution in [3.8, 4) is 0 Å². The van der Waals surface area contributed by atoms with E-state index in [1.165, 1.54) is 18.0 Å². The van der Waals surface area contributed by atoms with Gasteiger partial charge in [0, 0.05) is 18.1 Å². The van der Waals surface area contributed by atoms with Crippen LogP contribution in [0.1, 0.15) is 26.3 Å². The molecule has 0 unspecified atom stereocenters. The molecular weight excluding hydrogens is 260 g/mol. The van der Waals surface area contributed by atoms with Crippen LogP contribution in [-0.4, -0.2) is 40.9 Å². The molecule has 0 aliphatic heterocycles. The van der Waals surface area contributed by atoms with Crippen molar-refractivity contribution < 1.29 is 8.42 Å². The van der Waals surface area contributed by atoms with Crippen LogP contribution >= 0.6 is 11.8 Å². The summed E-state index contributed by atoms with van der Waals surface area (Å²) in [6.07, 6.45) is 1.85. The summed E-state index contributed by atoms with van der Waals surface area (Å²) in [7, 11) is -2.88. The molecule has 1 aromatic rings. The van der Waals surface area contributed by atoms with Crippen LogP contribution in [0, 0.1) is 0 Å². The van der Waals surface area contributed by atoms with Gasteiger partial charge in [-0.2, -0.15) is 0 Å². The monoisotopic (exact) mass is 278 g/mol. The van der Waals surface area contributed by atoms with Crippen LogP contribution in [-0.2, 0) is 9.84 Å². The number of nitrogens with two attached hydrogens (primary N) is 1. The molecule has 0 spiro atoms. The fourth-order valence-electron chi connectivity index (χ4n) is 1.36. The number of nitrogen functional groups attached to an aromatic ring is 1. The second kappa shape index (κ2) is 5.72. The molecule has 0 fully saturated rings. The Kier molecular flexibility index (Phi) is 4.81. The predicted octanol–water partition coefficient (Wildman–Crippen LogP) is 0.968. The van der Waals surface area contributed by atoms with Crippen LogP contribution in [0.5, 0.6) is 0 Å². The van der Waals surface area contributed by atoms with Gasteiger partial charge >= 0.3 is 0 Å². The average Bonchev–Trinajstić information content (AvgIpc) is 2.53. The van der Waals surface area contributed by atoms with E-state index in [-0.39, 0.29) is 11.8 Å². The van der Waals surface area contributed by atoms with Crippen molar-refractivity contribution in [1.82, 2.24) is 14.8 Å². The molecule has 1 heterocycles. The zero-order valence-corrected chi connectivity index (χ0v) is 11.9. The third-order valence-electron chi connectivity index (χ3n) is 2.10. The highest BCUT2D eigenvalue weighted by molar-refractivity contribution is 7.99. The zero-order chi connectivity index (χ0) is 13.1. The molecule has 98 valence electrons. The molecule has 6 nitrogen and oxygen atoms in total. The minimum absolute atomic E-state index is 0.197. The van der Waals surface area contributed by atoms with Gasteiger partial charge in [0.1, 0.15) is 9.84 Å². The number of hydrogen-bond donors (Lipinski definition) is 1. The highest BCUT2D eigenvalue weighted by Gasteiger charge is 2.12. The standard InChI is InChI=1S/C9H18N4O2S2/c1-7(2)13-8(10)11-12-9(13)16-5-4-6-17(3,14)15/h7H,4-6H2,1-3H3,(H2,10,11). The van der Waals surface area contributed by atoms with Crippen molar-refractivity contribution in [3.63, 3.8) is 0 Å². The molecule has 0 radical (unpaired) electrons. The first-order valence-electron chi connectivity index (χ1n) is 5.32. The first-order chi connectivity index (χ1) is 7.81. The smallest absolute Gasteiger partial charge is 0.222 e. The van der Waals surface area contributed by atoms with Crippen LogP contribution < -0.4 is 5.73 Å². The lowest BCUT2D eigenvalue weighted by Crippen LogP contribution is -2.08. The Morgan fingerprint density at radius 1 is 1.41 bits per heavy atom. The summed E-state index contributed by atoms with van der Waals surface area (Å²) in [4.78, 5) is 0. The highest BCUT2D eigenvalue weighted by Crippen LogP contribution is 2.22. The van der Waals surface area contributed by atoms with Gasteiger partial charge in [0.15, 0.2) is 5.16 Å². The van der Waals surface area contributed by atoms with Gasteiger partial charge in [-0.3, -0.25) is 4.57 Å². The molecular formula is C9H18N4O2S2. The van der Waals surface area contributed by atoms with E-state index in [2.05, 4.69) is 10.2 Å². The van der Waals surface area contributed by atoms with Crippen molar-refractivity contribution >= 4 is 27.5 Å². The molecule has 0 atom stereocenters. The largest absolute Gasteiger partial charge is 0.368 e. The van der Waals surface area contributed by atoms with Gasteiger partial charge in [0.25, 0.3) is 0 Å². The quantitative estimate of drug-likeness (QED) is 0.616. The van der Waals surface area contributed by atoms with Gasteiger partial charge in [-0.25, -0.2) is 8.42 Å². The Labute approximate surface area is 106 Å². The molecule has 0 aromatic carbocycles. The SMILES string of the molecule is CC(C)n1c(N)nnc1SCCCS(C)(=O)=O. The number of rotatable bonds is 6. The average molecular weight is 278 g/mol. The lowest BCUT2D eigenvalue weighted by atomic mass is 10.4. The van der Waals surface area contributed by atoms with E-state index in [0.29, 0.717) is 18.1 Å². The zero-order valence-electron chi connectivity index (χ0n) is 10.3. The van der Waals surface area contributed by atoms with Crippen LogP contribution in [0.3, 0.4) is 0 Å². The van der Waals surface area contributed by atoms with Crippen LogP contribution in [0.2, 0.25) is 0 Å². The molecule has 1 rings (SSSR count). The van der Waals surface area contributed by atoms with E-state index in [1.54, 1.807) is 0 Å². The molecule has 8 heteroatoms. The van der Waals surface area contributed by atoms with E-state index in [0.717, 1.165) is 5.16 Å². The topological polar surface area (TPSA) is 90.9 Å². The number of hydrogen-bond acceptors (Lipinski definition) is 6. The predicted molar refractivity (Wildman–Crippen MR) is 69.9 cm³/mol. The first-order valence-corrected chi connectivity index (χ1v) is 8.37. The second-order valence-corrected chi connectivity index (χ2v) is 7.46. The maximum absolute atomic E-state index is 11.0. The summed E-state index contributed by atoms with van der Waals surface area (Å²) in [6.45, 7) is 4.00. The lowest BCUT2D eigenvalue weighted by Gasteiger charge is -2.10. The Morgan fingerprint density at radius 3 is 2.59 bits per heavy atom. The minimum Gasteiger partial charge on any atom is -0.368 e. The number of sulfone groups is 1. The third kappa shape index (κ3) is 4.55. The Balaban J connectivity index is 2.53. The third-order valence-corrected chi connectivity index (χ3v) is 4.16. The first kappa shape index (κ1) is 14.3. The number of nitrogens with zero attached hydrogens (tertiary/aromatic N) is 3. The number of anilines is 1. The summed E-state index contributed by atoms with van der Waals surface area (Å²) in [5.41, 5.74) is 5.70. The van der Waals surface area contributed by atoms with E-state index >= 15 is 0 Å². The molecule has 17 heavy (non-hydrogen) atoms. The van der Waals surface area contributed by atoms with Crippen LogP contribution in [0.4, 0.5) is 5.95 Å². The normalized spacial score (nSPS) is 12.2. The van der Waals surface area contributed by atoms with E-state index in [9.17, 15) is 8.42 Å². The summed E-state index contributed by atoms with van der Waals surface area (Å²) >= 11 is 1.48. The molecule has 2 N–H and O–H groups in total. The lowest BCUT2D eigenvalue weighted by molar-refractivity contribution is 0.557. The number of thioether (sulfide) groups is 1. The van der Waals surface area contributed by atoms with Crippen molar-refractivity contribution in [2.75, 3.05) is 23.5 Å². The van der Waals surface area contributed by atoms with Crippen molar-refractivity contribution in [3.05, 3.63) is 0 Å². The van der Waals surface area contributed by atoms with Gasteiger partial charge in [0.2, 0.25) is 5.95 Å². The Hall–Kier alpha value is -0.760. The van der Waals surface area contributed by atoms with Crippen molar-refractivity contribution in [2.24, 2.45) is 0 Å². The summed E-state index contributed by atoms with van der Waals surface area (Å²) in [5, 5.41) is 8.53. The molecule has 1 aromatic heterocycles. The van der Waals surface area contributed by atoms with Crippen LogP contribution in [0.15, 0.2) is 5.16 Å². The van der Waals surface area contributed by atoms with Crippen molar-refractivity contribution in [1.29, 1.82) is 0 Å². The van der Waals surface area contributed by atoms with E-state index < -0.39 is 9.84 Å². The van der Waals surface area contributed by atoms with Gasteiger partial charge < -0.3 is 5.73 Å². The fourth-order valence-corrected chi connectivity index (χ4v) is 3.22. The van der Waals surface area contributed by atoms with Gasteiger partial charge in [-0.15, -0.1) is 10.2 Å². The Morgan fingerprint density at radius 2 is 2.06 bits per heavy atom. The van der Waals surface area contributed by atoms with Gasteiger partial charge in [-0.1, -0.05) is 11.8 Å². The summed E-state index contributed by atoms with van der Waals surface area (Å²) in [5.74, 6) is 1.29. The minimum atomic E-state index is -2.88. The van der Waals surface area contributed by atoms with Gasteiger partial charge in [-0.05, 0) is 20.3 Å². The number of aromatic nitrogens is 3. The van der Waals surface area contributed by atoms with E-state index in [1.807, 2.05) is 18.4 Å².